The number of likely N-dealkylation sites (N-methyl/N-ethyl adjacent to an activating group) is 1. The molecule has 0 aliphatic carbocycles. The number of amides is 2. The first kappa shape index (κ1) is 19.2. The molecule has 0 heterocycles. The molecule has 7 heteroatoms. The number of urea groups is 1. The van der Waals surface area contributed by atoms with Crippen LogP contribution in [0.15, 0.2) is 46.9 Å². The zero-order chi connectivity index (χ0) is 18.4. The standard InChI is InChI=1S/C18H21BrFN3O2/c1-23(2)17(12-5-4-6-14(9-12)25-3)11-21-18(24)22-16-8-7-13(20)10-15(16)19/h4-10,17H,11H2,1-3H3,(H2,21,22,24). The van der Waals surface area contributed by atoms with E-state index < -0.39 is 0 Å². The number of carbonyl (C=O) groups is 1. The molecule has 134 valence electrons. The number of halogens is 2. The van der Waals surface area contributed by atoms with E-state index in [0.29, 0.717) is 16.7 Å². The largest absolute Gasteiger partial charge is 0.497 e. The van der Waals surface area contributed by atoms with Crippen LogP contribution in [0.1, 0.15) is 11.6 Å². The highest BCUT2D eigenvalue weighted by molar-refractivity contribution is 9.10. The number of nitrogens with one attached hydrogen (secondary N) is 2. The minimum Gasteiger partial charge on any atom is -0.497 e. The van der Waals surface area contributed by atoms with Gasteiger partial charge < -0.3 is 20.3 Å². The van der Waals surface area contributed by atoms with Crippen molar-refractivity contribution in [2.24, 2.45) is 0 Å². The maximum atomic E-state index is 13.1. The van der Waals surface area contributed by atoms with Gasteiger partial charge >= 0.3 is 6.03 Å². The quantitative estimate of drug-likeness (QED) is 0.757. The van der Waals surface area contributed by atoms with E-state index in [-0.39, 0.29) is 17.9 Å². The zero-order valence-corrected chi connectivity index (χ0v) is 15.9. The van der Waals surface area contributed by atoms with Gasteiger partial charge in [-0.05, 0) is 65.9 Å². The summed E-state index contributed by atoms with van der Waals surface area (Å²) >= 11 is 3.23. The van der Waals surface area contributed by atoms with E-state index in [0.717, 1.165) is 11.3 Å². The molecule has 1 unspecified atom stereocenters. The fraction of sp³-hybridized carbons (Fsp3) is 0.278. The number of benzene rings is 2. The third-order valence-electron chi connectivity index (χ3n) is 3.74. The van der Waals surface area contributed by atoms with Crippen LogP contribution >= 0.6 is 15.9 Å². The van der Waals surface area contributed by atoms with Crippen LogP contribution in [-0.4, -0.2) is 38.7 Å². The van der Waals surface area contributed by atoms with Crippen molar-refractivity contribution in [2.75, 3.05) is 33.1 Å². The van der Waals surface area contributed by atoms with Crippen LogP contribution in [0.4, 0.5) is 14.9 Å². The molecule has 0 aliphatic rings. The first-order valence-corrected chi connectivity index (χ1v) is 8.50. The molecule has 2 N–H and O–H groups in total. The van der Waals surface area contributed by atoms with Gasteiger partial charge in [0.1, 0.15) is 11.6 Å². The number of hydrogen-bond acceptors (Lipinski definition) is 3. The Bertz CT molecular complexity index is 740. The molecule has 2 amide bonds. The van der Waals surface area contributed by atoms with Gasteiger partial charge in [0, 0.05) is 11.0 Å². The second-order valence-corrected chi connectivity index (χ2v) is 6.57. The molecule has 0 spiro atoms. The second kappa shape index (κ2) is 8.82. The second-order valence-electron chi connectivity index (χ2n) is 5.72. The van der Waals surface area contributed by atoms with E-state index in [1.54, 1.807) is 7.11 Å². The fourth-order valence-corrected chi connectivity index (χ4v) is 2.84. The van der Waals surface area contributed by atoms with Crippen molar-refractivity contribution in [1.82, 2.24) is 10.2 Å². The number of anilines is 1. The van der Waals surface area contributed by atoms with E-state index >= 15 is 0 Å². The SMILES string of the molecule is COc1cccc(C(CNC(=O)Nc2ccc(F)cc2Br)N(C)C)c1. The molecule has 2 aromatic rings. The van der Waals surface area contributed by atoms with Crippen LogP contribution in [0.25, 0.3) is 0 Å². The first-order chi connectivity index (χ1) is 11.9. The van der Waals surface area contributed by atoms with Crippen molar-refractivity contribution >= 4 is 27.6 Å². The lowest BCUT2D eigenvalue weighted by molar-refractivity contribution is 0.243. The maximum Gasteiger partial charge on any atom is 0.319 e. The van der Waals surface area contributed by atoms with Crippen molar-refractivity contribution < 1.29 is 13.9 Å². The third kappa shape index (κ3) is 5.44. The number of methoxy groups -OCH3 is 1. The summed E-state index contributed by atoms with van der Waals surface area (Å²) in [5.41, 5.74) is 1.54. The monoisotopic (exact) mass is 409 g/mol. The molecular weight excluding hydrogens is 389 g/mol. The van der Waals surface area contributed by atoms with Crippen LogP contribution in [0.2, 0.25) is 0 Å². The Morgan fingerprint density at radius 3 is 2.68 bits per heavy atom. The summed E-state index contributed by atoms with van der Waals surface area (Å²) in [4.78, 5) is 14.2. The number of carbonyl (C=O) groups excluding carboxylic acids is 1. The highest BCUT2D eigenvalue weighted by Gasteiger charge is 2.16. The molecule has 0 fully saturated rings. The Labute approximate surface area is 155 Å². The Balaban J connectivity index is 2.01. The van der Waals surface area contributed by atoms with Crippen molar-refractivity contribution in [2.45, 2.75) is 6.04 Å². The van der Waals surface area contributed by atoms with Gasteiger partial charge in [-0.3, -0.25) is 0 Å². The molecule has 0 radical (unpaired) electrons. The Morgan fingerprint density at radius 2 is 2.04 bits per heavy atom. The van der Waals surface area contributed by atoms with Gasteiger partial charge in [0.25, 0.3) is 0 Å². The molecule has 1 atom stereocenters. The molecular formula is C18H21BrFN3O2. The predicted molar refractivity (Wildman–Crippen MR) is 101 cm³/mol. The van der Waals surface area contributed by atoms with Gasteiger partial charge in [0.05, 0.1) is 18.8 Å². The summed E-state index contributed by atoms with van der Waals surface area (Å²) in [6.07, 6.45) is 0. The summed E-state index contributed by atoms with van der Waals surface area (Å²) in [5, 5.41) is 5.54. The molecule has 2 aromatic carbocycles. The topological polar surface area (TPSA) is 53.6 Å². The molecule has 0 aromatic heterocycles. The normalized spacial score (nSPS) is 11.9. The first-order valence-electron chi connectivity index (χ1n) is 7.71. The van der Waals surface area contributed by atoms with E-state index in [1.807, 2.05) is 43.3 Å². The maximum absolute atomic E-state index is 13.1. The minimum atomic E-state index is -0.372. The summed E-state index contributed by atoms with van der Waals surface area (Å²) in [5.74, 6) is 0.396. The van der Waals surface area contributed by atoms with Gasteiger partial charge in [-0.2, -0.15) is 0 Å². The van der Waals surface area contributed by atoms with Gasteiger partial charge in [-0.15, -0.1) is 0 Å². The Morgan fingerprint density at radius 1 is 1.28 bits per heavy atom. The molecule has 25 heavy (non-hydrogen) atoms. The van der Waals surface area contributed by atoms with Crippen molar-refractivity contribution in [3.8, 4) is 5.75 Å². The van der Waals surface area contributed by atoms with Gasteiger partial charge in [-0.25, -0.2) is 9.18 Å². The number of hydrogen-bond donors (Lipinski definition) is 2. The van der Waals surface area contributed by atoms with Gasteiger partial charge in [0.15, 0.2) is 0 Å². The Hall–Kier alpha value is -2.12. The van der Waals surface area contributed by atoms with E-state index in [4.69, 9.17) is 4.74 Å². The summed E-state index contributed by atoms with van der Waals surface area (Å²) in [6, 6.07) is 11.4. The minimum absolute atomic E-state index is 0.0162. The summed E-state index contributed by atoms with van der Waals surface area (Å²) in [7, 11) is 5.51. The smallest absolute Gasteiger partial charge is 0.319 e. The van der Waals surface area contributed by atoms with E-state index in [2.05, 4.69) is 26.6 Å². The van der Waals surface area contributed by atoms with Crippen LogP contribution in [0.3, 0.4) is 0 Å². The van der Waals surface area contributed by atoms with Gasteiger partial charge in [-0.1, -0.05) is 12.1 Å². The highest BCUT2D eigenvalue weighted by atomic mass is 79.9. The average Bonchev–Trinajstić information content (AvgIpc) is 2.57. The number of ether oxygens (including phenoxy) is 1. The fourth-order valence-electron chi connectivity index (χ4n) is 2.39. The summed E-state index contributed by atoms with van der Waals surface area (Å²) in [6.45, 7) is 0.408. The number of rotatable bonds is 6. The van der Waals surface area contributed by atoms with Crippen LogP contribution in [0, 0.1) is 5.82 Å². The van der Waals surface area contributed by atoms with Crippen LogP contribution in [-0.2, 0) is 0 Å². The molecule has 5 nitrogen and oxygen atoms in total. The third-order valence-corrected chi connectivity index (χ3v) is 4.39. The summed E-state index contributed by atoms with van der Waals surface area (Å²) < 4.78 is 18.8. The van der Waals surface area contributed by atoms with E-state index in [1.165, 1.54) is 18.2 Å². The van der Waals surface area contributed by atoms with Crippen molar-refractivity contribution in [1.29, 1.82) is 0 Å². The number of nitrogens with zero attached hydrogens (tertiary/aromatic N) is 1. The van der Waals surface area contributed by atoms with Crippen LogP contribution in [0.5, 0.6) is 5.75 Å². The highest BCUT2D eigenvalue weighted by Crippen LogP contribution is 2.24. The molecule has 0 saturated heterocycles. The van der Waals surface area contributed by atoms with Crippen LogP contribution < -0.4 is 15.4 Å². The lowest BCUT2D eigenvalue weighted by Gasteiger charge is -2.25. The molecule has 0 saturated carbocycles. The zero-order valence-electron chi connectivity index (χ0n) is 14.3. The molecule has 2 rings (SSSR count). The lowest BCUT2D eigenvalue weighted by atomic mass is 10.1. The lowest BCUT2D eigenvalue weighted by Crippen LogP contribution is -2.37. The van der Waals surface area contributed by atoms with Gasteiger partial charge in [0.2, 0.25) is 0 Å². The van der Waals surface area contributed by atoms with E-state index in [9.17, 15) is 9.18 Å². The van der Waals surface area contributed by atoms with Crippen molar-refractivity contribution in [3.63, 3.8) is 0 Å². The molecule has 0 bridgehead atoms. The predicted octanol–water partition coefficient (Wildman–Crippen LogP) is 4.02. The Kier molecular flexibility index (Phi) is 6.78. The molecule has 0 aliphatic heterocycles. The average molecular weight is 410 g/mol. The van der Waals surface area contributed by atoms with Crippen molar-refractivity contribution in [3.05, 3.63) is 58.3 Å².